The Morgan fingerprint density at radius 2 is 1.65 bits per heavy atom. The molecule has 3 rings (SSSR count). The second-order valence-corrected chi connectivity index (χ2v) is 5.70. The van der Waals surface area contributed by atoms with Gasteiger partial charge in [0.2, 0.25) is 0 Å². The van der Waals surface area contributed by atoms with Crippen LogP contribution in [-0.4, -0.2) is 6.54 Å². The summed E-state index contributed by atoms with van der Waals surface area (Å²) in [5.41, 5.74) is 4.43. The summed E-state index contributed by atoms with van der Waals surface area (Å²) < 4.78 is 0. The van der Waals surface area contributed by atoms with E-state index in [-0.39, 0.29) is 0 Å². The Labute approximate surface area is 122 Å². The summed E-state index contributed by atoms with van der Waals surface area (Å²) in [4.78, 5) is 0. The van der Waals surface area contributed by atoms with Crippen molar-refractivity contribution in [3.63, 3.8) is 0 Å². The molecule has 20 heavy (non-hydrogen) atoms. The van der Waals surface area contributed by atoms with E-state index in [1.165, 1.54) is 36.0 Å². The molecular formula is C19H23N. The summed E-state index contributed by atoms with van der Waals surface area (Å²) in [6, 6.07) is 20.4. The average Bonchev–Trinajstić information content (AvgIpc) is 2.53. The molecule has 2 unspecified atom stereocenters. The number of hydrogen-bond donors (Lipinski definition) is 1. The van der Waals surface area contributed by atoms with Crippen LogP contribution in [0.1, 0.15) is 54.8 Å². The molecule has 0 amide bonds. The smallest absolute Gasteiger partial charge is 0.0323 e. The average molecular weight is 265 g/mol. The zero-order valence-electron chi connectivity index (χ0n) is 12.2. The summed E-state index contributed by atoms with van der Waals surface area (Å²) in [5, 5.41) is 3.76. The van der Waals surface area contributed by atoms with Crippen molar-refractivity contribution in [2.24, 2.45) is 0 Å². The van der Waals surface area contributed by atoms with Gasteiger partial charge in [-0.05, 0) is 23.1 Å². The van der Waals surface area contributed by atoms with Gasteiger partial charge in [-0.1, -0.05) is 74.4 Å². The minimum Gasteiger partial charge on any atom is -0.309 e. The second kappa shape index (κ2) is 6.23. The normalized spacial score (nSPS) is 21.4. The maximum atomic E-state index is 3.76. The lowest BCUT2D eigenvalue weighted by molar-refractivity contribution is 0.441. The highest BCUT2D eigenvalue weighted by Gasteiger charge is 2.26. The van der Waals surface area contributed by atoms with E-state index in [0.717, 1.165) is 6.54 Å². The molecule has 2 aromatic rings. The molecular weight excluding hydrogens is 242 g/mol. The maximum Gasteiger partial charge on any atom is 0.0323 e. The van der Waals surface area contributed by atoms with Gasteiger partial charge in [-0.2, -0.15) is 0 Å². The fourth-order valence-electron chi connectivity index (χ4n) is 3.27. The van der Waals surface area contributed by atoms with Crippen LogP contribution in [0.15, 0.2) is 54.6 Å². The Balaban J connectivity index is 1.93. The maximum absolute atomic E-state index is 3.76. The molecule has 0 saturated heterocycles. The van der Waals surface area contributed by atoms with Crippen LogP contribution in [0.5, 0.6) is 0 Å². The molecule has 1 heteroatoms. The molecule has 2 atom stereocenters. The summed E-state index contributed by atoms with van der Waals surface area (Å²) in [6.07, 6.45) is 3.81. The van der Waals surface area contributed by atoms with E-state index < -0.39 is 0 Å². The van der Waals surface area contributed by atoms with Gasteiger partial charge in [0.25, 0.3) is 0 Å². The number of fused-ring (bicyclic) bond motifs is 1. The fraction of sp³-hybridized carbons (Fsp3) is 0.368. The number of rotatable bonds is 4. The second-order valence-electron chi connectivity index (χ2n) is 5.70. The zero-order valence-corrected chi connectivity index (χ0v) is 12.2. The van der Waals surface area contributed by atoms with Gasteiger partial charge in [0.15, 0.2) is 0 Å². The first-order valence-corrected chi connectivity index (χ1v) is 7.77. The highest BCUT2D eigenvalue weighted by molar-refractivity contribution is 5.42. The molecule has 0 fully saturated rings. The molecule has 0 aromatic heterocycles. The Morgan fingerprint density at radius 1 is 0.950 bits per heavy atom. The molecule has 104 valence electrons. The summed E-state index contributed by atoms with van der Waals surface area (Å²) >= 11 is 0. The van der Waals surface area contributed by atoms with Crippen molar-refractivity contribution in [2.45, 2.75) is 38.1 Å². The van der Waals surface area contributed by atoms with Crippen molar-refractivity contribution in [1.82, 2.24) is 5.32 Å². The Bertz CT molecular complexity index is 547. The number of unbranched alkanes of at least 4 members (excludes halogenated alkanes) is 1. The van der Waals surface area contributed by atoms with Gasteiger partial charge in [0.05, 0.1) is 0 Å². The Hall–Kier alpha value is -1.60. The lowest BCUT2D eigenvalue weighted by atomic mass is 9.81. The van der Waals surface area contributed by atoms with Gasteiger partial charge in [-0.25, -0.2) is 0 Å². The summed E-state index contributed by atoms with van der Waals surface area (Å²) in [6.45, 7) is 3.32. The molecule has 1 N–H and O–H groups in total. The zero-order chi connectivity index (χ0) is 13.8. The molecule has 1 aliphatic rings. The first kappa shape index (κ1) is 13.4. The van der Waals surface area contributed by atoms with Gasteiger partial charge in [-0.3, -0.25) is 0 Å². The molecule has 1 aliphatic heterocycles. The topological polar surface area (TPSA) is 12.0 Å². The van der Waals surface area contributed by atoms with E-state index in [1.807, 2.05) is 0 Å². The number of hydrogen-bond acceptors (Lipinski definition) is 1. The lowest BCUT2D eigenvalue weighted by Crippen LogP contribution is -2.33. The van der Waals surface area contributed by atoms with E-state index >= 15 is 0 Å². The van der Waals surface area contributed by atoms with E-state index in [2.05, 4.69) is 66.8 Å². The molecule has 1 nitrogen and oxygen atoms in total. The van der Waals surface area contributed by atoms with E-state index in [9.17, 15) is 0 Å². The van der Waals surface area contributed by atoms with Crippen LogP contribution in [0.2, 0.25) is 0 Å². The minimum atomic E-state index is 0.491. The van der Waals surface area contributed by atoms with Gasteiger partial charge >= 0.3 is 0 Å². The van der Waals surface area contributed by atoms with E-state index in [0.29, 0.717) is 12.0 Å². The third-order valence-corrected chi connectivity index (χ3v) is 4.36. The van der Waals surface area contributed by atoms with E-state index in [1.54, 1.807) is 0 Å². The van der Waals surface area contributed by atoms with Crippen molar-refractivity contribution >= 4 is 0 Å². The van der Waals surface area contributed by atoms with Crippen LogP contribution in [0, 0.1) is 0 Å². The molecule has 2 aromatic carbocycles. The monoisotopic (exact) mass is 265 g/mol. The van der Waals surface area contributed by atoms with Crippen LogP contribution < -0.4 is 5.32 Å². The first-order valence-electron chi connectivity index (χ1n) is 7.77. The molecule has 0 radical (unpaired) electrons. The van der Waals surface area contributed by atoms with Gasteiger partial charge in [0, 0.05) is 18.5 Å². The first-order chi connectivity index (χ1) is 9.90. The lowest BCUT2D eigenvalue weighted by Gasteiger charge is -2.33. The molecule has 0 spiro atoms. The van der Waals surface area contributed by atoms with Crippen LogP contribution in [-0.2, 0) is 0 Å². The highest BCUT2D eigenvalue weighted by Crippen LogP contribution is 2.36. The van der Waals surface area contributed by atoms with Crippen LogP contribution in [0.3, 0.4) is 0 Å². The quantitative estimate of drug-likeness (QED) is 0.848. The van der Waals surface area contributed by atoms with Crippen LogP contribution >= 0.6 is 0 Å². The van der Waals surface area contributed by atoms with Crippen molar-refractivity contribution in [1.29, 1.82) is 0 Å². The molecule has 0 bridgehead atoms. The molecule has 0 aliphatic carbocycles. The number of nitrogens with one attached hydrogen (secondary N) is 1. The Morgan fingerprint density at radius 3 is 2.40 bits per heavy atom. The third-order valence-electron chi connectivity index (χ3n) is 4.36. The SMILES string of the molecule is CCCCC1NCC(c2ccccc2)c2ccccc21. The standard InChI is InChI=1S/C19H23N/c1-2-3-13-19-17-12-8-7-11-16(17)18(14-20-19)15-9-5-4-6-10-15/h4-12,18-20H,2-3,13-14H2,1H3. The van der Waals surface area contributed by atoms with Crippen molar-refractivity contribution < 1.29 is 0 Å². The fourth-order valence-corrected chi connectivity index (χ4v) is 3.27. The van der Waals surface area contributed by atoms with Crippen LogP contribution in [0.25, 0.3) is 0 Å². The van der Waals surface area contributed by atoms with Crippen molar-refractivity contribution in [3.8, 4) is 0 Å². The van der Waals surface area contributed by atoms with Gasteiger partial charge in [-0.15, -0.1) is 0 Å². The van der Waals surface area contributed by atoms with Gasteiger partial charge < -0.3 is 5.32 Å². The predicted octanol–water partition coefficient (Wildman–Crippen LogP) is 4.65. The van der Waals surface area contributed by atoms with Gasteiger partial charge in [0.1, 0.15) is 0 Å². The predicted molar refractivity (Wildman–Crippen MR) is 85.0 cm³/mol. The minimum absolute atomic E-state index is 0.491. The number of benzene rings is 2. The van der Waals surface area contributed by atoms with E-state index in [4.69, 9.17) is 0 Å². The third kappa shape index (κ3) is 2.64. The van der Waals surface area contributed by atoms with Crippen molar-refractivity contribution in [2.75, 3.05) is 6.54 Å². The highest BCUT2D eigenvalue weighted by atomic mass is 14.9. The molecule has 0 saturated carbocycles. The Kier molecular flexibility index (Phi) is 4.17. The largest absolute Gasteiger partial charge is 0.309 e. The summed E-state index contributed by atoms with van der Waals surface area (Å²) in [7, 11) is 0. The van der Waals surface area contributed by atoms with Crippen molar-refractivity contribution in [3.05, 3.63) is 71.3 Å². The molecule has 1 heterocycles. The summed E-state index contributed by atoms with van der Waals surface area (Å²) in [5.74, 6) is 0.491. The van der Waals surface area contributed by atoms with Crippen LogP contribution in [0.4, 0.5) is 0 Å².